The first-order chi connectivity index (χ1) is 15.4. The zero-order chi connectivity index (χ0) is 22.8. The number of anilines is 1. The maximum atomic E-state index is 13.0. The molecule has 3 heterocycles. The lowest BCUT2D eigenvalue weighted by Crippen LogP contribution is -2.17. The molecule has 0 saturated carbocycles. The van der Waals surface area contributed by atoms with Gasteiger partial charge in [-0.05, 0) is 18.4 Å². The molecule has 0 fully saturated rings. The molecule has 0 saturated heterocycles. The first kappa shape index (κ1) is 21.5. The van der Waals surface area contributed by atoms with E-state index in [2.05, 4.69) is 15.4 Å². The minimum atomic E-state index is -0.686. The van der Waals surface area contributed by atoms with Gasteiger partial charge in [-0.3, -0.25) is 14.9 Å². The van der Waals surface area contributed by atoms with Gasteiger partial charge in [-0.15, -0.1) is 22.7 Å². The van der Waals surface area contributed by atoms with Gasteiger partial charge in [-0.1, -0.05) is 6.07 Å². The molecule has 1 amide bonds. The van der Waals surface area contributed by atoms with Gasteiger partial charge in [0.2, 0.25) is 5.13 Å². The zero-order valence-electron chi connectivity index (χ0n) is 17.2. The number of carbonyl (C=O) groups excluding carboxylic acids is 1. The maximum absolute atomic E-state index is 13.0. The van der Waals surface area contributed by atoms with Crippen molar-refractivity contribution < 1.29 is 19.2 Å². The molecule has 0 unspecified atom stereocenters. The Morgan fingerprint density at radius 3 is 2.59 bits per heavy atom. The van der Waals surface area contributed by atoms with Crippen molar-refractivity contribution in [2.75, 3.05) is 19.5 Å². The van der Waals surface area contributed by atoms with Crippen molar-refractivity contribution in [3.63, 3.8) is 0 Å². The molecular formula is C20H17N5O5S2. The molecule has 1 N–H and O–H groups in total. The lowest BCUT2D eigenvalue weighted by molar-refractivity contribution is -0.385. The first-order valence-electron chi connectivity index (χ1n) is 9.19. The van der Waals surface area contributed by atoms with Crippen molar-refractivity contribution in [1.82, 2.24) is 14.8 Å². The molecule has 12 heteroatoms. The number of aromatic nitrogens is 3. The lowest BCUT2D eigenvalue weighted by Gasteiger charge is -2.11. The van der Waals surface area contributed by atoms with Gasteiger partial charge in [-0.2, -0.15) is 9.78 Å². The average Bonchev–Trinajstić information content (AvgIpc) is 3.53. The Morgan fingerprint density at radius 2 is 1.94 bits per heavy atom. The Balaban J connectivity index is 1.69. The number of aryl methyl sites for hydroxylation is 1. The van der Waals surface area contributed by atoms with Gasteiger partial charge < -0.3 is 14.8 Å². The molecule has 4 aromatic rings. The van der Waals surface area contributed by atoms with Crippen LogP contribution in [-0.4, -0.2) is 39.8 Å². The predicted molar refractivity (Wildman–Crippen MR) is 121 cm³/mol. The van der Waals surface area contributed by atoms with Crippen molar-refractivity contribution in [2.45, 2.75) is 6.92 Å². The molecule has 0 spiro atoms. The van der Waals surface area contributed by atoms with Gasteiger partial charge in [-0.25, -0.2) is 4.98 Å². The van der Waals surface area contributed by atoms with Gasteiger partial charge in [0, 0.05) is 17.5 Å². The number of methoxy groups -OCH3 is 2. The summed E-state index contributed by atoms with van der Waals surface area (Å²) in [4.78, 5) is 29.6. The fourth-order valence-corrected chi connectivity index (χ4v) is 4.57. The van der Waals surface area contributed by atoms with Crippen LogP contribution in [0, 0.1) is 17.0 Å². The zero-order valence-corrected chi connectivity index (χ0v) is 18.8. The quantitative estimate of drug-likeness (QED) is 0.310. The van der Waals surface area contributed by atoms with E-state index < -0.39 is 16.5 Å². The fraction of sp³-hybridized carbons (Fsp3) is 0.150. The Morgan fingerprint density at radius 1 is 1.19 bits per heavy atom. The lowest BCUT2D eigenvalue weighted by atomic mass is 10.1. The molecule has 0 aliphatic carbocycles. The van der Waals surface area contributed by atoms with E-state index in [1.165, 1.54) is 36.3 Å². The minimum absolute atomic E-state index is 0.153. The van der Waals surface area contributed by atoms with Crippen LogP contribution in [0.1, 0.15) is 16.1 Å². The van der Waals surface area contributed by atoms with Gasteiger partial charge in [0.1, 0.15) is 11.4 Å². The molecule has 164 valence electrons. The first-order valence-corrected chi connectivity index (χ1v) is 11.0. The highest BCUT2D eigenvalue weighted by Crippen LogP contribution is 2.35. The topological polar surface area (TPSA) is 121 Å². The van der Waals surface area contributed by atoms with Crippen LogP contribution in [0.25, 0.3) is 15.7 Å². The minimum Gasteiger partial charge on any atom is -0.493 e. The number of nitro benzene ring substituents is 1. The summed E-state index contributed by atoms with van der Waals surface area (Å²) in [5.74, 6) is 0.00600. The Labute approximate surface area is 190 Å². The number of hydrogen-bond donors (Lipinski definition) is 1. The molecule has 4 rings (SSSR count). The maximum Gasteiger partial charge on any atom is 0.286 e. The number of amides is 1. The van der Waals surface area contributed by atoms with Gasteiger partial charge in [0.25, 0.3) is 11.6 Å². The van der Waals surface area contributed by atoms with Gasteiger partial charge in [0.05, 0.1) is 41.5 Å². The van der Waals surface area contributed by atoms with E-state index in [4.69, 9.17) is 9.47 Å². The van der Waals surface area contributed by atoms with Crippen LogP contribution in [0.2, 0.25) is 0 Å². The van der Waals surface area contributed by atoms with Crippen LogP contribution >= 0.6 is 22.7 Å². The molecule has 3 aromatic heterocycles. The third-order valence-corrected chi connectivity index (χ3v) is 6.17. The number of nitrogens with zero attached hydrogens (tertiary/aromatic N) is 4. The number of ether oxygens (including phenoxy) is 2. The molecule has 10 nitrogen and oxygen atoms in total. The molecule has 0 bridgehead atoms. The van der Waals surface area contributed by atoms with E-state index in [1.807, 2.05) is 22.9 Å². The van der Waals surface area contributed by atoms with Crippen LogP contribution in [0.15, 0.2) is 41.1 Å². The van der Waals surface area contributed by atoms with Crippen molar-refractivity contribution in [3.05, 3.63) is 62.5 Å². The average molecular weight is 472 g/mol. The Bertz CT molecular complexity index is 1300. The predicted octanol–water partition coefficient (Wildman–Crippen LogP) is 4.54. The van der Waals surface area contributed by atoms with Crippen molar-refractivity contribution in [1.29, 1.82) is 0 Å². The van der Waals surface area contributed by atoms with E-state index in [0.29, 0.717) is 16.6 Å². The Hall–Kier alpha value is -3.77. The molecule has 1 aromatic carbocycles. The van der Waals surface area contributed by atoms with Crippen molar-refractivity contribution in [3.8, 4) is 27.2 Å². The third-order valence-electron chi connectivity index (χ3n) is 4.46. The second-order valence-electron chi connectivity index (χ2n) is 6.51. The molecule has 0 atom stereocenters. The summed E-state index contributed by atoms with van der Waals surface area (Å²) in [6, 6.07) is 8.01. The van der Waals surface area contributed by atoms with E-state index in [9.17, 15) is 14.9 Å². The number of benzene rings is 1. The smallest absolute Gasteiger partial charge is 0.286 e. The highest BCUT2D eigenvalue weighted by Gasteiger charge is 2.26. The summed E-state index contributed by atoms with van der Waals surface area (Å²) in [6.45, 7) is 1.78. The van der Waals surface area contributed by atoms with Crippen LogP contribution in [0.4, 0.5) is 11.5 Å². The summed E-state index contributed by atoms with van der Waals surface area (Å²) < 4.78 is 11.8. The standard InChI is InChI=1S/C20H17N5O5S2/c1-11-7-18(24(23-11)20-21-13(10-32-20)17-5-4-6-31-17)22-19(26)12-8-15(29-2)16(30-3)9-14(12)25(27)28/h4-10H,1-3H3,(H,22,26). The second-order valence-corrected chi connectivity index (χ2v) is 8.30. The Kier molecular flexibility index (Phi) is 5.88. The summed E-state index contributed by atoms with van der Waals surface area (Å²) in [6.07, 6.45) is 0. The summed E-state index contributed by atoms with van der Waals surface area (Å²) >= 11 is 2.94. The van der Waals surface area contributed by atoms with Crippen LogP contribution < -0.4 is 14.8 Å². The van der Waals surface area contributed by atoms with E-state index in [-0.39, 0.29) is 17.1 Å². The summed E-state index contributed by atoms with van der Waals surface area (Å²) in [5.41, 5.74) is 0.879. The number of nitro groups is 1. The van der Waals surface area contributed by atoms with Crippen molar-refractivity contribution in [2.24, 2.45) is 0 Å². The van der Waals surface area contributed by atoms with Crippen LogP contribution in [-0.2, 0) is 0 Å². The molecule has 0 aliphatic rings. The number of hydrogen-bond acceptors (Lipinski definition) is 9. The highest BCUT2D eigenvalue weighted by atomic mass is 32.1. The number of thiophene rings is 1. The monoisotopic (exact) mass is 471 g/mol. The third kappa shape index (κ3) is 4.05. The van der Waals surface area contributed by atoms with Gasteiger partial charge in [0.15, 0.2) is 11.5 Å². The van der Waals surface area contributed by atoms with Crippen molar-refractivity contribution >= 4 is 40.1 Å². The molecule has 0 radical (unpaired) electrons. The normalized spacial score (nSPS) is 10.7. The number of carbonyl (C=O) groups is 1. The number of nitrogens with one attached hydrogen (secondary N) is 1. The summed E-state index contributed by atoms with van der Waals surface area (Å²) in [7, 11) is 2.75. The largest absolute Gasteiger partial charge is 0.493 e. The highest BCUT2D eigenvalue weighted by molar-refractivity contribution is 7.15. The van der Waals surface area contributed by atoms with Crippen LogP contribution in [0.5, 0.6) is 11.5 Å². The molecule has 32 heavy (non-hydrogen) atoms. The number of rotatable bonds is 7. The molecule has 0 aliphatic heterocycles. The SMILES string of the molecule is COc1cc(C(=O)Nc2cc(C)nn2-c2nc(-c3cccs3)cs2)c([N+](=O)[O-])cc1OC. The van der Waals surface area contributed by atoms with Crippen LogP contribution in [0.3, 0.4) is 0 Å². The van der Waals surface area contributed by atoms with E-state index >= 15 is 0 Å². The van der Waals surface area contributed by atoms with E-state index in [1.54, 1.807) is 24.3 Å². The van der Waals surface area contributed by atoms with E-state index in [0.717, 1.165) is 16.6 Å². The summed E-state index contributed by atoms with van der Waals surface area (Å²) in [5, 5.41) is 23.1. The molecular weight excluding hydrogens is 454 g/mol. The number of thiazole rings is 1. The van der Waals surface area contributed by atoms with Gasteiger partial charge >= 0.3 is 0 Å². The second kappa shape index (κ2) is 8.77. The fourth-order valence-electron chi connectivity index (χ4n) is 3.02.